The summed E-state index contributed by atoms with van der Waals surface area (Å²) in [5.41, 5.74) is 5.31. The molecule has 1 aliphatic carbocycles. The van der Waals surface area contributed by atoms with Crippen LogP contribution in [0.15, 0.2) is 36.4 Å². The van der Waals surface area contributed by atoms with Gasteiger partial charge in [-0.3, -0.25) is 0 Å². The number of rotatable bonds is 6. The minimum Gasteiger partial charge on any atom is -0.408 e. The third-order valence-corrected chi connectivity index (χ3v) is 15.7. The fourth-order valence-corrected chi connectivity index (χ4v) is 8.71. The van der Waals surface area contributed by atoms with Crippen LogP contribution < -0.4 is 15.1 Å². The van der Waals surface area contributed by atoms with Crippen LogP contribution >= 0.6 is 11.3 Å². The molecule has 11 heteroatoms. The van der Waals surface area contributed by atoms with Crippen molar-refractivity contribution in [2.24, 2.45) is 5.41 Å². The maximum atomic E-state index is 16.2. The molecule has 45 heavy (non-hydrogen) atoms. The van der Waals surface area contributed by atoms with Crippen LogP contribution in [0.1, 0.15) is 49.4 Å². The lowest BCUT2D eigenvalue weighted by atomic mass is 9.74. The molecule has 4 aromatic rings. The zero-order valence-corrected chi connectivity index (χ0v) is 28.4. The van der Waals surface area contributed by atoms with E-state index in [1.807, 2.05) is 11.9 Å². The lowest BCUT2D eigenvalue weighted by Gasteiger charge is -2.57. The van der Waals surface area contributed by atoms with E-state index in [0.717, 1.165) is 67.0 Å². The first-order chi connectivity index (χ1) is 21.3. The van der Waals surface area contributed by atoms with Crippen LogP contribution in [0.3, 0.4) is 0 Å². The lowest BCUT2D eigenvalue weighted by Crippen LogP contribution is -2.71. The Labute approximate surface area is 268 Å². The van der Waals surface area contributed by atoms with Crippen molar-refractivity contribution in [3.63, 3.8) is 0 Å². The second-order valence-corrected chi connectivity index (χ2v) is 20.1. The summed E-state index contributed by atoms with van der Waals surface area (Å²) in [5.74, 6) is -0.702. The van der Waals surface area contributed by atoms with Crippen LogP contribution in [-0.2, 0) is 10.8 Å². The summed E-state index contributed by atoms with van der Waals surface area (Å²) in [7, 11) is -0.219. The first-order valence-corrected chi connectivity index (χ1v) is 19.2. The highest BCUT2D eigenvalue weighted by atomic mass is 32.1. The molecule has 2 aliphatic heterocycles. The summed E-state index contributed by atoms with van der Waals surface area (Å²) in [6.07, 6.45) is 1.28. The number of nitrogens with zero attached hydrogens (tertiary/aromatic N) is 5. The molecule has 2 aromatic carbocycles. The zero-order valence-electron chi connectivity index (χ0n) is 26.6. The Morgan fingerprint density at radius 1 is 1.13 bits per heavy atom. The Bertz CT molecular complexity index is 1850. The van der Waals surface area contributed by atoms with Gasteiger partial charge in [0.05, 0.1) is 17.5 Å². The monoisotopic (exact) mass is 644 g/mol. The third-order valence-electron chi connectivity index (χ3n) is 10.2. The Kier molecular flexibility index (Phi) is 7.09. The molecule has 4 heterocycles. The largest absolute Gasteiger partial charge is 0.408 e. The van der Waals surface area contributed by atoms with E-state index in [1.165, 1.54) is 23.5 Å². The van der Waals surface area contributed by atoms with Gasteiger partial charge in [0.25, 0.3) is 0 Å². The van der Waals surface area contributed by atoms with Gasteiger partial charge in [-0.1, -0.05) is 32.1 Å². The molecule has 2 aromatic heterocycles. The summed E-state index contributed by atoms with van der Waals surface area (Å²) in [6.45, 7) is 14.9. The van der Waals surface area contributed by atoms with Gasteiger partial charge in [-0.15, -0.1) is 0 Å². The molecule has 7 nitrogen and oxygen atoms in total. The molecule has 0 saturated carbocycles. The second-order valence-electron chi connectivity index (χ2n) is 14.4. The van der Waals surface area contributed by atoms with E-state index in [-0.39, 0.29) is 22.8 Å². The van der Waals surface area contributed by atoms with Crippen molar-refractivity contribution >= 4 is 47.1 Å². The summed E-state index contributed by atoms with van der Waals surface area (Å²) < 4.78 is 36.7. The average Bonchev–Trinajstić information content (AvgIpc) is 3.54. The zero-order chi connectivity index (χ0) is 31.9. The van der Waals surface area contributed by atoms with E-state index < -0.39 is 8.32 Å². The number of nitriles is 1. The Morgan fingerprint density at radius 3 is 2.47 bits per heavy atom. The summed E-state index contributed by atoms with van der Waals surface area (Å²) in [4.78, 5) is 14.5. The first-order valence-electron chi connectivity index (χ1n) is 15.5. The standard InChI is InChI=1S/C34H38F2N6OSSi/c1-33(2,3)45(5,6)43-26-12-11-23-30(26)39-29-24(13-22(14-25(29)36)42-18-34(19-42)16-38-17-34)31(23)41(4)32-40-28(27(15-37)44-32)20-7-9-21(35)10-8-20/h7-10,13-14,26,38H,11-12,16-19H2,1-6H3. The van der Waals surface area contributed by atoms with Gasteiger partial charge in [0.1, 0.15) is 28.0 Å². The van der Waals surface area contributed by atoms with E-state index in [9.17, 15) is 9.65 Å². The smallest absolute Gasteiger partial charge is 0.192 e. The van der Waals surface area contributed by atoms with Crippen LogP contribution in [-0.4, -0.2) is 51.5 Å². The SMILES string of the molecule is CN(c1nc(-c2ccc(F)cc2)c(C#N)s1)c1c2c(nc3c(F)cc(N4CC5(CNC5)C4)cc13)C(O[Si](C)(C)C(C)(C)C)CC2. The van der Waals surface area contributed by atoms with Gasteiger partial charge in [-0.05, 0) is 67.4 Å². The Hall–Kier alpha value is -3.43. The third kappa shape index (κ3) is 5.03. The van der Waals surface area contributed by atoms with E-state index in [4.69, 9.17) is 14.4 Å². The summed E-state index contributed by atoms with van der Waals surface area (Å²) in [5, 5.41) is 14.7. The van der Waals surface area contributed by atoms with Gasteiger partial charge in [0, 0.05) is 60.8 Å². The lowest BCUT2D eigenvalue weighted by molar-refractivity contribution is 0.121. The maximum absolute atomic E-state index is 16.2. The number of nitrogens with one attached hydrogen (secondary N) is 1. The van der Waals surface area contributed by atoms with Crippen molar-refractivity contribution in [3.8, 4) is 17.3 Å². The van der Waals surface area contributed by atoms with E-state index in [2.05, 4.69) is 56.2 Å². The molecule has 0 amide bonds. The molecule has 0 bridgehead atoms. The average molecular weight is 645 g/mol. The number of thiazole rings is 1. The molecule has 2 fully saturated rings. The molecule has 234 valence electrons. The highest BCUT2D eigenvalue weighted by molar-refractivity contribution is 7.16. The van der Waals surface area contributed by atoms with Crippen LogP contribution in [0.2, 0.25) is 18.1 Å². The molecular weight excluding hydrogens is 607 g/mol. The molecule has 1 unspecified atom stereocenters. The Morgan fingerprint density at radius 2 is 1.84 bits per heavy atom. The molecule has 0 radical (unpaired) electrons. The molecule has 1 N–H and O–H groups in total. The van der Waals surface area contributed by atoms with Crippen molar-refractivity contribution in [1.29, 1.82) is 5.26 Å². The topological polar surface area (TPSA) is 77.3 Å². The summed E-state index contributed by atoms with van der Waals surface area (Å²) in [6, 6.07) is 12.0. The number of benzene rings is 2. The number of fused-ring (bicyclic) bond motifs is 2. The molecule has 3 aliphatic rings. The van der Waals surface area contributed by atoms with E-state index in [1.54, 1.807) is 18.2 Å². The van der Waals surface area contributed by atoms with Gasteiger partial charge in [0.15, 0.2) is 19.3 Å². The number of hydrogen-bond acceptors (Lipinski definition) is 8. The van der Waals surface area contributed by atoms with Crippen molar-refractivity contribution in [2.75, 3.05) is 43.0 Å². The predicted molar refractivity (Wildman–Crippen MR) is 179 cm³/mol. The number of aromatic nitrogens is 2. The summed E-state index contributed by atoms with van der Waals surface area (Å²) >= 11 is 1.27. The Balaban J connectivity index is 1.37. The number of halogens is 2. The van der Waals surface area contributed by atoms with Crippen LogP contribution in [0, 0.1) is 28.4 Å². The van der Waals surface area contributed by atoms with E-state index in [0.29, 0.717) is 32.2 Å². The molecular formula is C34H38F2N6OSSi. The normalized spacial score (nSPS) is 18.9. The van der Waals surface area contributed by atoms with Crippen molar-refractivity contribution in [3.05, 3.63) is 64.2 Å². The van der Waals surface area contributed by atoms with Crippen molar-refractivity contribution < 1.29 is 13.2 Å². The highest BCUT2D eigenvalue weighted by Gasteiger charge is 2.48. The predicted octanol–water partition coefficient (Wildman–Crippen LogP) is 7.69. The molecule has 7 rings (SSSR count). The fourth-order valence-electron chi connectivity index (χ4n) is 6.56. The van der Waals surface area contributed by atoms with Gasteiger partial charge in [0.2, 0.25) is 0 Å². The second kappa shape index (κ2) is 10.6. The quantitative estimate of drug-likeness (QED) is 0.216. The minimum atomic E-state index is -2.14. The maximum Gasteiger partial charge on any atom is 0.192 e. The molecule has 1 spiro atoms. The van der Waals surface area contributed by atoms with E-state index >= 15 is 4.39 Å². The van der Waals surface area contributed by atoms with Gasteiger partial charge >= 0.3 is 0 Å². The van der Waals surface area contributed by atoms with Crippen molar-refractivity contribution in [1.82, 2.24) is 15.3 Å². The van der Waals surface area contributed by atoms with Crippen LogP contribution in [0.4, 0.5) is 25.3 Å². The minimum absolute atomic E-state index is 0.0161. The van der Waals surface area contributed by atoms with Crippen LogP contribution in [0.5, 0.6) is 0 Å². The van der Waals surface area contributed by atoms with Crippen LogP contribution in [0.25, 0.3) is 22.2 Å². The van der Waals surface area contributed by atoms with Gasteiger partial charge in [-0.25, -0.2) is 18.7 Å². The number of pyridine rings is 1. The fraction of sp³-hybridized carbons (Fsp3) is 0.441. The number of hydrogen-bond donors (Lipinski definition) is 1. The van der Waals surface area contributed by atoms with Crippen molar-refractivity contribution in [2.45, 2.75) is 57.8 Å². The molecule has 2 saturated heterocycles. The van der Waals surface area contributed by atoms with Gasteiger partial charge in [-0.2, -0.15) is 5.26 Å². The van der Waals surface area contributed by atoms with Gasteiger partial charge < -0.3 is 19.5 Å². The highest BCUT2D eigenvalue weighted by Crippen LogP contribution is 2.49. The molecule has 1 atom stereocenters. The first kappa shape index (κ1) is 30.2. The number of anilines is 3.